The summed E-state index contributed by atoms with van der Waals surface area (Å²) in [5, 5.41) is 2.97. The molecule has 0 saturated carbocycles. The molecular formula is C14H20BrN3O2. The summed E-state index contributed by atoms with van der Waals surface area (Å²) in [4.78, 5) is 18.8. The second-order valence-corrected chi connectivity index (χ2v) is 6.20. The normalized spacial score (nSPS) is 22.7. The number of piperidine rings is 1. The number of rotatable bonds is 3. The van der Waals surface area contributed by atoms with Crippen LogP contribution in [0, 0.1) is 0 Å². The van der Waals surface area contributed by atoms with Crippen LogP contribution < -0.4 is 5.32 Å². The Morgan fingerprint density at radius 2 is 2.35 bits per heavy atom. The van der Waals surface area contributed by atoms with Crippen LogP contribution in [0.3, 0.4) is 0 Å². The Bertz CT molecular complexity index is 509. The summed E-state index contributed by atoms with van der Waals surface area (Å²) >= 11 is 3.37. The summed E-state index contributed by atoms with van der Waals surface area (Å²) in [5.74, 6) is 0.592. The van der Waals surface area contributed by atoms with Gasteiger partial charge >= 0.3 is 0 Å². The molecule has 20 heavy (non-hydrogen) atoms. The molecule has 0 spiro atoms. The van der Waals surface area contributed by atoms with Gasteiger partial charge < -0.3 is 15.0 Å². The number of hydrogen-bond acceptors (Lipinski definition) is 4. The van der Waals surface area contributed by atoms with Gasteiger partial charge in [-0.2, -0.15) is 0 Å². The van der Waals surface area contributed by atoms with Crippen molar-refractivity contribution in [1.29, 1.82) is 0 Å². The molecule has 1 saturated heterocycles. The van der Waals surface area contributed by atoms with E-state index in [9.17, 15) is 4.79 Å². The van der Waals surface area contributed by atoms with E-state index in [-0.39, 0.29) is 11.5 Å². The number of nitrogens with zero attached hydrogens (tertiary/aromatic N) is 2. The molecule has 1 fully saturated rings. The molecule has 0 aromatic carbocycles. The fourth-order valence-electron chi connectivity index (χ4n) is 2.52. The van der Waals surface area contributed by atoms with Crippen LogP contribution in [0.25, 0.3) is 0 Å². The highest BCUT2D eigenvalue weighted by Gasteiger charge is 2.34. The highest BCUT2D eigenvalue weighted by atomic mass is 79.9. The summed E-state index contributed by atoms with van der Waals surface area (Å²) in [6.45, 7) is 3.41. The van der Waals surface area contributed by atoms with Crippen LogP contribution in [0.1, 0.15) is 30.1 Å². The molecule has 0 bridgehead atoms. The fourth-order valence-corrected chi connectivity index (χ4v) is 2.85. The van der Waals surface area contributed by atoms with Crippen molar-refractivity contribution in [2.24, 2.45) is 0 Å². The number of likely N-dealkylation sites (tertiary alicyclic amines) is 1. The number of ether oxygens (including phenoxy) is 1. The van der Waals surface area contributed by atoms with Crippen molar-refractivity contribution >= 4 is 27.7 Å². The average Bonchev–Trinajstić information content (AvgIpc) is 2.46. The van der Waals surface area contributed by atoms with Crippen molar-refractivity contribution in [2.45, 2.75) is 25.4 Å². The summed E-state index contributed by atoms with van der Waals surface area (Å²) < 4.78 is 6.34. The summed E-state index contributed by atoms with van der Waals surface area (Å²) in [6.07, 6.45) is 3.60. The van der Waals surface area contributed by atoms with E-state index in [0.29, 0.717) is 17.9 Å². The van der Waals surface area contributed by atoms with Gasteiger partial charge in [0.25, 0.3) is 5.91 Å². The van der Waals surface area contributed by atoms with Crippen LogP contribution in [-0.4, -0.2) is 48.6 Å². The molecule has 0 aliphatic carbocycles. The van der Waals surface area contributed by atoms with E-state index in [1.807, 2.05) is 11.8 Å². The Labute approximate surface area is 127 Å². The first-order valence-electron chi connectivity index (χ1n) is 6.67. The summed E-state index contributed by atoms with van der Waals surface area (Å²) in [7, 11) is 3.47. The number of pyridine rings is 1. The second-order valence-electron chi connectivity index (χ2n) is 5.28. The van der Waals surface area contributed by atoms with Crippen molar-refractivity contribution in [3.8, 4) is 0 Å². The first-order valence-corrected chi connectivity index (χ1v) is 7.46. The number of amides is 1. The van der Waals surface area contributed by atoms with Gasteiger partial charge in [-0.25, -0.2) is 4.98 Å². The molecular weight excluding hydrogens is 322 g/mol. The maximum absolute atomic E-state index is 12.7. The molecule has 1 amide bonds. The minimum absolute atomic E-state index is 0.00822. The van der Waals surface area contributed by atoms with Crippen LogP contribution in [0.15, 0.2) is 16.7 Å². The number of halogens is 1. The van der Waals surface area contributed by atoms with Crippen molar-refractivity contribution in [3.63, 3.8) is 0 Å². The number of hydrogen-bond donors (Lipinski definition) is 1. The van der Waals surface area contributed by atoms with Crippen molar-refractivity contribution < 1.29 is 9.53 Å². The lowest BCUT2D eigenvalue weighted by atomic mass is 9.94. The van der Waals surface area contributed by atoms with E-state index in [1.165, 1.54) is 0 Å². The van der Waals surface area contributed by atoms with Gasteiger partial charge in [-0.1, -0.05) is 0 Å². The monoisotopic (exact) mass is 341 g/mol. The van der Waals surface area contributed by atoms with Gasteiger partial charge in [0, 0.05) is 37.9 Å². The largest absolute Gasteiger partial charge is 0.377 e. The van der Waals surface area contributed by atoms with E-state index >= 15 is 0 Å². The predicted molar refractivity (Wildman–Crippen MR) is 82.0 cm³/mol. The Morgan fingerprint density at radius 3 is 3.00 bits per heavy atom. The van der Waals surface area contributed by atoms with Crippen molar-refractivity contribution in [3.05, 3.63) is 22.3 Å². The first kappa shape index (κ1) is 15.3. The van der Waals surface area contributed by atoms with Crippen molar-refractivity contribution in [2.75, 3.05) is 32.6 Å². The number of anilines is 1. The van der Waals surface area contributed by atoms with E-state index < -0.39 is 0 Å². The quantitative estimate of drug-likeness (QED) is 0.917. The number of carbonyl (C=O) groups excluding carboxylic acids is 1. The van der Waals surface area contributed by atoms with E-state index in [2.05, 4.69) is 26.2 Å². The molecule has 1 aliphatic heterocycles. The van der Waals surface area contributed by atoms with Gasteiger partial charge in [-0.05, 0) is 41.8 Å². The third-order valence-electron chi connectivity index (χ3n) is 3.76. The fraction of sp³-hybridized carbons (Fsp3) is 0.571. The molecule has 1 aromatic heterocycles. The lowest BCUT2D eigenvalue weighted by Crippen LogP contribution is -2.49. The zero-order valence-corrected chi connectivity index (χ0v) is 13.7. The standard InChI is InChI=1S/C14H20BrN3O2/c1-14(20-3)5-4-6-18(9-14)13(19)11-7-10(15)8-17-12(11)16-2/h7-8H,4-6,9H2,1-3H3,(H,16,17). The summed E-state index contributed by atoms with van der Waals surface area (Å²) in [5.41, 5.74) is 0.329. The SMILES string of the molecule is CNc1ncc(Br)cc1C(=O)N1CCCC(C)(OC)C1. The maximum atomic E-state index is 12.7. The van der Waals surface area contributed by atoms with Crippen LogP contribution in [0.4, 0.5) is 5.82 Å². The highest BCUT2D eigenvalue weighted by Crippen LogP contribution is 2.27. The molecule has 1 aliphatic rings. The van der Waals surface area contributed by atoms with E-state index in [4.69, 9.17) is 4.74 Å². The van der Waals surface area contributed by atoms with E-state index in [0.717, 1.165) is 23.9 Å². The number of methoxy groups -OCH3 is 1. The molecule has 1 unspecified atom stereocenters. The third kappa shape index (κ3) is 3.12. The smallest absolute Gasteiger partial charge is 0.257 e. The van der Waals surface area contributed by atoms with Crippen LogP contribution >= 0.6 is 15.9 Å². The van der Waals surface area contributed by atoms with Gasteiger partial charge in [0.15, 0.2) is 0 Å². The molecule has 110 valence electrons. The van der Waals surface area contributed by atoms with Gasteiger partial charge in [-0.3, -0.25) is 4.79 Å². The van der Waals surface area contributed by atoms with Gasteiger partial charge in [0.05, 0.1) is 11.2 Å². The Hall–Kier alpha value is -1.14. The zero-order chi connectivity index (χ0) is 14.8. The molecule has 0 radical (unpaired) electrons. The van der Waals surface area contributed by atoms with Gasteiger partial charge in [0.2, 0.25) is 0 Å². The van der Waals surface area contributed by atoms with Gasteiger partial charge in [-0.15, -0.1) is 0 Å². The maximum Gasteiger partial charge on any atom is 0.257 e. The number of carbonyl (C=O) groups is 1. The van der Waals surface area contributed by atoms with E-state index in [1.54, 1.807) is 26.4 Å². The molecule has 2 heterocycles. The summed E-state index contributed by atoms with van der Waals surface area (Å²) in [6, 6.07) is 1.81. The number of aromatic nitrogens is 1. The molecule has 1 N–H and O–H groups in total. The predicted octanol–water partition coefficient (Wildman–Crippen LogP) is 2.53. The Balaban J connectivity index is 2.25. The average molecular weight is 342 g/mol. The number of nitrogens with one attached hydrogen (secondary N) is 1. The Morgan fingerprint density at radius 1 is 1.60 bits per heavy atom. The van der Waals surface area contributed by atoms with Crippen molar-refractivity contribution in [1.82, 2.24) is 9.88 Å². The topological polar surface area (TPSA) is 54.5 Å². The third-order valence-corrected chi connectivity index (χ3v) is 4.19. The lowest BCUT2D eigenvalue weighted by molar-refractivity contribution is -0.0440. The molecule has 1 aromatic rings. The molecule has 5 nitrogen and oxygen atoms in total. The Kier molecular flexibility index (Phi) is 4.65. The second kappa shape index (κ2) is 6.10. The zero-order valence-electron chi connectivity index (χ0n) is 12.1. The minimum Gasteiger partial charge on any atom is -0.377 e. The van der Waals surface area contributed by atoms with Gasteiger partial charge in [0.1, 0.15) is 5.82 Å². The lowest BCUT2D eigenvalue weighted by Gasteiger charge is -2.39. The van der Waals surface area contributed by atoms with Crippen LogP contribution in [0.2, 0.25) is 0 Å². The highest BCUT2D eigenvalue weighted by molar-refractivity contribution is 9.10. The molecule has 1 atom stereocenters. The first-order chi connectivity index (χ1) is 9.49. The van der Waals surface area contributed by atoms with Crippen LogP contribution in [0.5, 0.6) is 0 Å². The van der Waals surface area contributed by atoms with Crippen LogP contribution in [-0.2, 0) is 4.74 Å². The molecule has 6 heteroatoms. The minimum atomic E-state index is -0.257. The molecule has 2 rings (SSSR count).